The van der Waals surface area contributed by atoms with Crippen LogP contribution in [0.1, 0.15) is 40.0 Å². The third-order valence-corrected chi connectivity index (χ3v) is 2.34. The first-order chi connectivity index (χ1) is 4.74. The molecule has 0 aliphatic carbocycles. The van der Waals surface area contributed by atoms with Crippen LogP contribution in [0.15, 0.2) is 0 Å². The molecule has 62 valence electrons. The highest BCUT2D eigenvalue weighted by Crippen LogP contribution is 2.16. The van der Waals surface area contributed by atoms with Crippen molar-refractivity contribution in [1.82, 2.24) is 0 Å². The van der Waals surface area contributed by atoms with E-state index < -0.39 is 0 Å². The van der Waals surface area contributed by atoms with Crippen molar-refractivity contribution in [2.75, 3.05) is 6.54 Å². The van der Waals surface area contributed by atoms with E-state index in [-0.39, 0.29) is 0 Å². The molecule has 0 bridgehead atoms. The molecular formula is C9H21N. The molecule has 2 atom stereocenters. The molecule has 1 nitrogen and oxygen atoms in total. The average Bonchev–Trinajstić information content (AvgIpc) is 1.99. The quantitative estimate of drug-likeness (QED) is 0.628. The highest BCUT2D eigenvalue weighted by molar-refractivity contribution is 4.61. The fraction of sp³-hybridized carbons (Fsp3) is 1.00. The maximum absolute atomic E-state index is 5.59. The number of hydrogen-bond acceptors (Lipinski definition) is 1. The summed E-state index contributed by atoms with van der Waals surface area (Å²) in [6.07, 6.45) is 3.83. The Morgan fingerprint density at radius 1 is 1.20 bits per heavy atom. The van der Waals surface area contributed by atoms with Crippen LogP contribution in [0, 0.1) is 11.8 Å². The second kappa shape index (κ2) is 5.72. The first kappa shape index (κ1) is 9.96. The Morgan fingerprint density at radius 2 is 1.80 bits per heavy atom. The highest BCUT2D eigenvalue weighted by atomic mass is 14.5. The summed E-state index contributed by atoms with van der Waals surface area (Å²) in [5.74, 6) is 1.61. The fourth-order valence-electron chi connectivity index (χ4n) is 1.17. The third kappa shape index (κ3) is 3.89. The molecule has 10 heavy (non-hydrogen) atoms. The van der Waals surface area contributed by atoms with Crippen LogP contribution in [-0.4, -0.2) is 6.54 Å². The van der Waals surface area contributed by atoms with E-state index in [0.717, 1.165) is 18.4 Å². The van der Waals surface area contributed by atoms with Crippen LogP contribution in [0.3, 0.4) is 0 Å². The predicted octanol–water partition coefficient (Wildman–Crippen LogP) is 2.41. The minimum Gasteiger partial charge on any atom is -0.330 e. The van der Waals surface area contributed by atoms with Gasteiger partial charge in [-0.1, -0.05) is 33.6 Å². The predicted molar refractivity (Wildman–Crippen MR) is 46.9 cm³/mol. The van der Waals surface area contributed by atoms with Crippen molar-refractivity contribution < 1.29 is 0 Å². The van der Waals surface area contributed by atoms with E-state index in [1.165, 1.54) is 19.3 Å². The van der Waals surface area contributed by atoms with E-state index in [9.17, 15) is 0 Å². The summed E-state index contributed by atoms with van der Waals surface area (Å²) in [7, 11) is 0. The molecule has 0 aliphatic heterocycles. The number of hydrogen-bond donors (Lipinski definition) is 1. The molecule has 0 aromatic carbocycles. The van der Waals surface area contributed by atoms with Crippen molar-refractivity contribution in [2.24, 2.45) is 17.6 Å². The normalized spacial score (nSPS) is 16.8. The second-order valence-corrected chi connectivity index (χ2v) is 3.26. The highest BCUT2D eigenvalue weighted by Gasteiger charge is 2.07. The van der Waals surface area contributed by atoms with Gasteiger partial charge in [-0.3, -0.25) is 0 Å². The number of nitrogens with two attached hydrogens (primary N) is 1. The number of rotatable bonds is 5. The van der Waals surface area contributed by atoms with Crippen molar-refractivity contribution in [3.63, 3.8) is 0 Å². The lowest BCUT2D eigenvalue weighted by Gasteiger charge is -2.15. The van der Waals surface area contributed by atoms with Crippen molar-refractivity contribution in [3.05, 3.63) is 0 Å². The lowest BCUT2D eigenvalue weighted by molar-refractivity contribution is 0.380. The largest absolute Gasteiger partial charge is 0.330 e. The van der Waals surface area contributed by atoms with Crippen LogP contribution >= 0.6 is 0 Å². The molecule has 0 aliphatic rings. The van der Waals surface area contributed by atoms with Crippen molar-refractivity contribution in [2.45, 2.75) is 40.0 Å². The summed E-state index contributed by atoms with van der Waals surface area (Å²) in [5.41, 5.74) is 5.59. The topological polar surface area (TPSA) is 26.0 Å². The molecule has 0 aromatic heterocycles. The maximum atomic E-state index is 5.59. The first-order valence-electron chi connectivity index (χ1n) is 4.44. The molecule has 2 N–H and O–H groups in total. The SMILES string of the molecule is CCC(C)C[C@@H](CC)CN. The monoisotopic (exact) mass is 143 g/mol. The Kier molecular flexibility index (Phi) is 5.70. The van der Waals surface area contributed by atoms with Crippen LogP contribution < -0.4 is 5.73 Å². The zero-order chi connectivity index (χ0) is 7.98. The van der Waals surface area contributed by atoms with Gasteiger partial charge in [-0.2, -0.15) is 0 Å². The smallest absolute Gasteiger partial charge is 0.00489 e. The van der Waals surface area contributed by atoms with Gasteiger partial charge in [0.05, 0.1) is 0 Å². The Bertz CT molecular complexity index is 67.1. The van der Waals surface area contributed by atoms with Crippen LogP contribution in [0.5, 0.6) is 0 Å². The van der Waals surface area contributed by atoms with Gasteiger partial charge in [0.25, 0.3) is 0 Å². The molecule has 0 rings (SSSR count). The van der Waals surface area contributed by atoms with Gasteiger partial charge in [0.15, 0.2) is 0 Å². The molecule has 0 aromatic rings. The van der Waals surface area contributed by atoms with Gasteiger partial charge in [0.2, 0.25) is 0 Å². The third-order valence-electron chi connectivity index (χ3n) is 2.34. The molecular weight excluding hydrogens is 122 g/mol. The minimum absolute atomic E-state index is 0.759. The summed E-state index contributed by atoms with van der Waals surface area (Å²) >= 11 is 0. The summed E-state index contributed by atoms with van der Waals surface area (Å²) in [5, 5.41) is 0. The van der Waals surface area contributed by atoms with Crippen LogP contribution in [0.4, 0.5) is 0 Å². The van der Waals surface area contributed by atoms with Gasteiger partial charge in [-0.05, 0) is 24.8 Å². The zero-order valence-electron chi connectivity index (χ0n) is 7.56. The first-order valence-corrected chi connectivity index (χ1v) is 4.44. The fourth-order valence-corrected chi connectivity index (χ4v) is 1.17. The summed E-state index contributed by atoms with van der Waals surface area (Å²) in [6, 6.07) is 0. The summed E-state index contributed by atoms with van der Waals surface area (Å²) in [4.78, 5) is 0. The van der Waals surface area contributed by atoms with E-state index in [0.29, 0.717) is 0 Å². The van der Waals surface area contributed by atoms with Crippen molar-refractivity contribution in [1.29, 1.82) is 0 Å². The van der Waals surface area contributed by atoms with E-state index in [2.05, 4.69) is 20.8 Å². The van der Waals surface area contributed by atoms with Crippen LogP contribution in [-0.2, 0) is 0 Å². The Hall–Kier alpha value is -0.0400. The lowest BCUT2D eigenvalue weighted by Crippen LogP contribution is -2.15. The molecule has 0 radical (unpaired) electrons. The van der Waals surface area contributed by atoms with Gasteiger partial charge < -0.3 is 5.73 Å². The maximum Gasteiger partial charge on any atom is -0.00489 e. The van der Waals surface area contributed by atoms with Crippen molar-refractivity contribution >= 4 is 0 Å². The molecule has 0 fully saturated rings. The van der Waals surface area contributed by atoms with E-state index >= 15 is 0 Å². The van der Waals surface area contributed by atoms with E-state index in [4.69, 9.17) is 5.73 Å². The van der Waals surface area contributed by atoms with Crippen LogP contribution in [0.25, 0.3) is 0 Å². The van der Waals surface area contributed by atoms with Gasteiger partial charge in [-0.15, -0.1) is 0 Å². The van der Waals surface area contributed by atoms with Gasteiger partial charge >= 0.3 is 0 Å². The summed E-state index contributed by atoms with van der Waals surface area (Å²) < 4.78 is 0. The Labute approximate surface area is 65.0 Å². The minimum atomic E-state index is 0.759. The molecule has 0 heterocycles. The van der Waals surface area contributed by atoms with Gasteiger partial charge in [0.1, 0.15) is 0 Å². The Balaban J connectivity index is 3.41. The summed E-state index contributed by atoms with van der Waals surface area (Å²) in [6.45, 7) is 7.63. The molecule has 1 heteroatoms. The second-order valence-electron chi connectivity index (χ2n) is 3.26. The molecule has 0 saturated heterocycles. The molecule has 1 unspecified atom stereocenters. The van der Waals surface area contributed by atoms with E-state index in [1.807, 2.05) is 0 Å². The molecule has 0 saturated carbocycles. The van der Waals surface area contributed by atoms with Crippen LogP contribution in [0.2, 0.25) is 0 Å². The zero-order valence-corrected chi connectivity index (χ0v) is 7.56. The Morgan fingerprint density at radius 3 is 2.10 bits per heavy atom. The molecule has 0 amide bonds. The standard InChI is InChI=1S/C9H21N/c1-4-8(3)6-9(5-2)7-10/h8-9H,4-7,10H2,1-3H3/t8?,9-/m1/s1. The van der Waals surface area contributed by atoms with Crippen molar-refractivity contribution in [3.8, 4) is 0 Å². The van der Waals surface area contributed by atoms with Gasteiger partial charge in [-0.25, -0.2) is 0 Å². The van der Waals surface area contributed by atoms with E-state index in [1.54, 1.807) is 0 Å². The molecule has 0 spiro atoms. The van der Waals surface area contributed by atoms with Gasteiger partial charge in [0, 0.05) is 0 Å². The lowest BCUT2D eigenvalue weighted by atomic mass is 9.92. The average molecular weight is 143 g/mol.